The van der Waals surface area contributed by atoms with Gasteiger partial charge in [0, 0.05) is 6.20 Å². The quantitative estimate of drug-likeness (QED) is 0.615. The molecular formula is C10H12BrNO4. The maximum Gasteiger partial charge on any atom is 0.356 e. The summed E-state index contributed by atoms with van der Waals surface area (Å²) < 4.78 is 11.8. The van der Waals surface area contributed by atoms with Gasteiger partial charge in [-0.15, -0.1) is 0 Å². The van der Waals surface area contributed by atoms with E-state index in [0.29, 0.717) is 23.2 Å². The number of ether oxygens (including phenoxy) is 2. The van der Waals surface area contributed by atoms with Gasteiger partial charge in [-0.3, -0.25) is 4.79 Å². The van der Waals surface area contributed by atoms with Gasteiger partial charge in [-0.05, 0) is 35.8 Å². The summed E-state index contributed by atoms with van der Waals surface area (Å²) in [4.78, 5) is 21.9. The van der Waals surface area contributed by atoms with Crippen molar-refractivity contribution in [1.82, 2.24) is 4.57 Å². The summed E-state index contributed by atoms with van der Waals surface area (Å²) in [6, 6.07) is 1.69. The van der Waals surface area contributed by atoms with Crippen LogP contribution in [0.3, 0.4) is 0 Å². The molecule has 0 aliphatic rings. The maximum atomic E-state index is 11.6. The predicted molar refractivity (Wildman–Crippen MR) is 59.9 cm³/mol. The first-order valence-corrected chi connectivity index (χ1v) is 5.53. The minimum Gasteiger partial charge on any atom is -0.461 e. The molecule has 88 valence electrons. The first kappa shape index (κ1) is 12.8. The summed E-state index contributed by atoms with van der Waals surface area (Å²) in [5.41, 5.74) is 0.330. The Bertz CT molecular complexity index is 388. The lowest BCUT2D eigenvalue weighted by atomic mass is 10.4. The van der Waals surface area contributed by atoms with Gasteiger partial charge in [-0.2, -0.15) is 0 Å². The molecule has 1 aromatic rings. The van der Waals surface area contributed by atoms with E-state index in [1.165, 1.54) is 4.57 Å². The number of nitrogens with zero attached hydrogens (tertiary/aromatic N) is 1. The standard InChI is InChI=1S/C10H12BrNO4/c1-3-15-10(14)9-8(11)4-5-12(9)7(2)16-6-13/h4-7H,3H2,1-2H3. The molecule has 5 nitrogen and oxygen atoms in total. The first-order chi connectivity index (χ1) is 7.61. The maximum absolute atomic E-state index is 11.6. The van der Waals surface area contributed by atoms with Crippen molar-refractivity contribution >= 4 is 28.4 Å². The summed E-state index contributed by atoms with van der Waals surface area (Å²) in [6.45, 7) is 4.01. The van der Waals surface area contributed by atoms with Gasteiger partial charge in [0.15, 0.2) is 6.23 Å². The van der Waals surface area contributed by atoms with E-state index in [2.05, 4.69) is 15.9 Å². The average Bonchev–Trinajstić information content (AvgIpc) is 2.61. The van der Waals surface area contributed by atoms with E-state index in [1.807, 2.05) is 0 Å². The molecule has 0 aliphatic carbocycles. The van der Waals surface area contributed by atoms with E-state index in [0.717, 1.165) is 0 Å². The molecule has 0 saturated heterocycles. The van der Waals surface area contributed by atoms with Crippen LogP contribution in [0, 0.1) is 0 Å². The van der Waals surface area contributed by atoms with Crippen LogP contribution in [0.5, 0.6) is 0 Å². The van der Waals surface area contributed by atoms with Crippen LogP contribution >= 0.6 is 15.9 Å². The molecule has 0 saturated carbocycles. The molecule has 1 rings (SSSR count). The molecule has 0 bridgehead atoms. The molecule has 0 spiro atoms. The number of halogens is 1. The fourth-order valence-corrected chi connectivity index (χ4v) is 1.76. The van der Waals surface area contributed by atoms with Crippen LogP contribution in [0.4, 0.5) is 0 Å². The van der Waals surface area contributed by atoms with Crippen molar-refractivity contribution in [2.45, 2.75) is 20.1 Å². The molecule has 0 N–H and O–H groups in total. The Balaban J connectivity index is 3.02. The Hall–Kier alpha value is -1.30. The van der Waals surface area contributed by atoms with E-state index >= 15 is 0 Å². The second-order valence-electron chi connectivity index (χ2n) is 2.97. The lowest BCUT2D eigenvalue weighted by molar-refractivity contribution is -0.136. The van der Waals surface area contributed by atoms with Gasteiger partial charge < -0.3 is 14.0 Å². The molecule has 0 amide bonds. The third-order valence-corrected chi connectivity index (χ3v) is 2.62. The molecule has 1 aromatic heterocycles. The van der Waals surface area contributed by atoms with E-state index < -0.39 is 12.2 Å². The summed E-state index contributed by atoms with van der Waals surface area (Å²) in [7, 11) is 0. The highest BCUT2D eigenvalue weighted by molar-refractivity contribution is 9.10. The van der Waals surface area contributed by atoms with Gasteiger partial charge in [0.25, 0.3) is 6.47 Å². The Labute approximate surface area is 101 Å². The van der Waals surface area contributed by atoms with Crippen molar-refractivity contribution in [3.05, 3.63) is 22.4 Å². The Morgan fingerprint density at radius 1 is 1.69 bits per heavy atom. The number of carbonyl (C=O) groups excluding carboxylic acids is 2. The van der Waals surface area contributed by atoms with Gasteiger partial charge in [0.2, 0.25) is 0 Å². The Kier molecular flexibility index (Phi) is 4.54. The van der Waals surface area contributed by atoms with Crippen LogP contribution in [0.2, 0.25) is 0 Å². The van der Waals surface area contributed by atoms with Crippen LogP contribution in [0.1, 0.15) is 30.6 Å². The second kappa shape index (κ2) is 5.69. The van der Waals surface area contributed by atoms with Gasteiger partial charge in [0.05, 0.1) is 11.1 Å². The van der Waals surface area contributed by atoms with Crippen LogP contribution in [0.25, 0.3) is 0 Å². The van der Waals surface area contributed by atoms with Crippen LogP contribution in [-0.4, -0.2) is 23.6 Å². The molecule has 1 atom stereocenters. The molecule has 0 fully saturated rings. The molecule has 0 aromatic carbocycles. The highest BCUT2D eigenvalue weighted by Gasteiger charge is 2.20. The highest BCUT2D eigenvalue weighted by Crippen LogP contribution is 2.23. The molecule has 1 unspecified atom stereocenters. The van der Waals surface area contributed by atoms with Gasteiger partial charge in [0.1, 0.15) is 5.69 Å². The minimum absolute atomic E-state index is 0.291. The summed E-state index contributed by atoms with van der Waals surface area (Å²) in [6.07, 6.45) is 1.09. The van der Waals surface area contributed by atoms with Gasteiger partial charge >= 0.3 is 5.97 Å². The zero-order valence-corrected chi connectivity index (χ0v) is 10.6. The van der Waals surface area contributed by atoms with E-state index in [9.17, 15) is 9.59 Å². The van der Waals surface area contributed by atoms with Crippen molar-refractivity contribution < 1.29 is 19.1 Å². The SMILES string of the molecule is CCOC(=O)c1c(Br)ccn1C(C)OC=O. The van der Waals surface area contributed by atoms with Gasteiger partial charge in [-0.1, -0.05) is 0 Å². The monoisotopic (exact) mass is 289 g/mol. The van der Waals surface area contributed by atoms with Crippen molar-refractivity contribution in [3.63, 3.8) is 0 Å². The lowest BCUT2D eigenvalue weighted by Gasteiger charge is -2.14. The van der Waals surface area contributed by atoms with Gasteiger partial charge in [-0.25, -0.2) is 4.79 Å². The van der Waals surface area contributed by atoms with Crippen LogP contribution < -0.4 is 0 Å². The first-order valence-electron chi connectivity index (χ1n) is 4.74. The number of esters is 1. The third kappa shape index (κ3) is 2.63. The molecule has 0 aliphatic heterocycles. The van der Waals surface area contributed by atoms with Crippen molar-refractivity contribution in [1.29, 1.82) is 0 Å². The Morgan fingerprint density at radius 2 is 2.38 bits per heavy atom. The number of aromatic nitrogens is 1. The number of hydrogen-bond acceptors (Lipinski definition) is 4. The lowest BCUT2D eigenvalue weighted by Crippen LogP contribution is -2.16. The Morgan fingerprint density at radius 3 is 2.94 bits per heavy atom. The molecule has 0 radical (unpaired) electrons. The fourth-order valence-electron chi connectivity index (χ4n) is 1.27. The molecular weight excluding hydrogens is 278 g/mol. The fraction of sp³-hybridized carbons (Fsp3) is 0.400. The average molecular weight is 290 g/mol. The topological polar surface area (TPSA) is 57.5 Å². The van der Waals surface area contributed by atoms with E-state index in [-0.39, 0.29) is 0 Å². The molecule has 16 heavy (non-hydrogen) atoms. The van der Waals surface area contributed by atoms with E-state index in [1.54, 1.807) is 26.1 Å². The van der Waals surface area contributed by atoms with E-state index in [4.69, 9.17) is 9.47 Å². The normalized spacial score (nSPS) is 11.9. The zero-order chi connectivity index (χ0) is 12.1. The zero-order valence-electron chi connectivity index (χ0n) is 8.97. The summed E-state index contributed by atoms with van der Waals surface area (Å²) in [5, 5.41) is 0. The second-order valence-corrected chi connectivity index (χ2v) is 3.83. The van der Waals surface area contributed by atoms with Crippen molar-refractivity contribution in [2.75, 3.05) is 6.61 Å². The number of rotatable bonds is 5. The highest BCUT2D eigenvalue weighted by atomic mass is 79.9. The summed E-state index contributed by atoms with van der Waals surface area (Å²) >= 11 is 3.24. The predicted octanol–water partition coefficient (Wildman–Crippen LogP) is 2.12. The van der Waals surface area contributed by atoms with Crippen molar-refractivity contribution in [2.24, 2.45) is 0 Å². The number of hydrogen-bond donors (Lipinski definition) is 0. The van der Waals surface area contributed by atoms with Crippen LogP contribution in [-0.2, 0) is 14.3 Å². The molecule has 6 heteroatoms. The number of carbonyl (C=O) groups is 2. The third-order valence-electron chi connectivity index (χ3n) is 1.98. The van der Waals surface area contributed by atoms with Crippen molar-refractivity contribution in [3.8, 4) is 0 Å². The largest absolute Gasteiger partial charge is 0.461 e. The smallest absolute Gasteiger partial charge is 0.356 e. The van der Waals surface area contributed by atoms with Crippen LogP contribution in [0.15, 0.2) is 16.7 Å². The molecule has 1 heterocycles. The minimum atomic E-state index is -0.553. The summed E-state index contributed by atoms with van der Waals surface area (Å²) in [5.74, 6) is -0.458.